The van der Waals surface area contributed by atoms with Gasteiger partial charge < -0.3 is 16.0 Å². The highest BCUT2D eigenvalue weighted by atomic mass is 79.9. The minimum atomic E-state index is -0.655. The van der Waals surface area contributed by atoms with Crippen LogP contribution in [0.2, 0.25) is 0 Å². The topological polar surface area (TPSA) is 88.3 Å². The zero-order chi connectivity index (χ0) is 18.7. The van der Waals surface area contributed by atoms with Crippen LogP contribution in [0.5, 0.6) is 0 Å². The van der Waals surface area contributed by atoms with Gasteiger partial charge in [-0.2, -0.15) is 0 Å². The van der Waals surface area contributed by atoms with Gasteiger partial charge in [0.2, 0.25) is 0 Å². The number of nitrogens with zero attached hydrogens (tertiary/aromatic N) is 2. The summed E-state index contributed by atoms with van der Waals surface area (Å²) in [6.07, 6.45) is 4.23. The minimum absolute atomic E-state index is 0.0919. The SMILES string of the molecule is Cc1cc(NC(=O)C(=O)N2CCCC[C@H]2c2cccc(Br)c2)cnc1N. The van der Waals surface area contributed by atoms with Crippen molar-refractivity contribution in [3.05, 3.63) is 52.1 Å². The number of aromatic nitrogens is 1. The standard InChI is InChI=1S/C19H21BrN4O2/c1-12-9-15(11-22-17(12)21)23-18(25)19(26)24-8-3-2-7-16(24)13-5-4-6-14(20)10-13/h4-6,9-11,16H,2-3,7-8H2,1H3,(H2,21,22)(H,23,25)/t16-/m0/s1. The van der Waals surface area contributed by atoms with Crippen LogP contribution < -0.4 is 11.1 Å². The Hall–Kier alpha value is -2.41. The summed E-state index contributed by atoms with van der Waals surface area (Å²) in [5, 5.41) is 2.63. The maximum Gasteiger partial charge on any atom is 0.313 e. The number of hydrogen-bond acceptors (Lipinski definition) is 4. The first kappa shape index (κ1) is 18.4. The average Bonchev–Trinajstić information content (AvgIpc) is 2.64. The number of aryl methyl sites for hydroxylation is 1. The minimum Gasteiger partial charge on any atom is -0.383 e. The largest absolute Gasteiger partial charge is 0.383 e. The van der Waals surface area contributed by atoms with Gasteiger partial charge in [0.15, 0.2) is 0 Å². The van der Waals surface area contributed by atoms with Gasteiger partial charge in [0.25, 0.3) is 0 Å². The van der Waals surface area contributed by atoms with Crippen molar-refractivity contribution in [3.63, 3.8) is 0 Å². The third-order valence-electron chi connectivity index (χ3n) is 4.57. The quantitative estimate of drug-likeness (QED) is 0.733. The number of halogens is 1. The van der Waals surface area contributed by atoms with E-state index in [4.69, 9.17) is 5.73 Å². The summed E-state index contributed by atoms with van der Waals surface area (Å²) >= 11 is 3.47. The van der Waals surface area contributed by atoms with Crippen LogP contribution in [0.4, 0.5) is 11.5 Å². The molecule has 7 heteroatoms. The molecule has 2 amide bonds. The van der Waals surface area contributed by atoms with Gasteiger partial charge in [0.05, 0.1) is 17.9 Å². The Morgan fingerprint density at radius 1 is 1.31 bits per heavy atom. The second kappa shape index (κ2) is 7.86. The van der Waals surface area contributed by atoms with Crippen LogP contribution in [0.25, 0.3) is 0 Å². The zero-order valence-corrected chi connectivity index (χ0v) is 16.1. The molecule has 1 fully saturated rings. The van der Waals surface area contributed by atoms with Gasteiger partial charge in [-0.05, 0) is 55.5 Å². The molecule has 0 radical (unpaired) electrons. The van der Waals surface area contributed by atoms with Crippen molar-refractivity contribution in [2.45, 2.75) is 32.2 Å². The molecule has 0 bridgehead atoms. The van der Waals surface area contributed by atoms with Crippen LogP contribution in [0, 0.1) is 6.92 Å². The first-order valence-corrected chi connectivity index (χ1v) is 9.34. The average molecular weight is 417 g/mol. The molecule has 3 N–H and O–H groups in total. The molecule has 1 atom stereocenters. The Bertz CT molecular complexity index is 840. The Morgan fingerprint density at radius 3 is 2.85 bits per heavy atom. The number of pyridine rings is 1. The molecule has 0 aliphatic carbocycles. The lowest BCUT2D eigenvalue weighted by Crippen LogP contribution is -2.44. The smallest absolute Gasteiger partial charge is 0.313 e. The molecule has 136 valence electrons. The number of nitrogens with one attached hydrogen (secondary N) is 1. The molecule has 2 aromatic rings. The van der Waals surface area contributed by atoms with Crippen LogP contribution in [0.3, 0.4) is 0 Å². The first-order valence-electron chi connectivity index (χ1n) is 8.55. The summed E-state index contributed by atoms with van der Waals surface area (Å²) in [6, 6.07) is 9.50. The van der Waals surface area contributed by atoms with Crippen molar-refractivity contribution in [1.29, 1.82) is 0 Å². The predicted octanol–water partition coefficient (Wildman–Crippen LogP) is 3.43. The number of piperidine rings is 1. The number of carbonyl (C=O) groups is 2. The van der Waals surface area contributed by atoms with E-state index < -0.39 is 11.8 Å². The molecule has 2 heterocycles. The molecule has 26 heavy (non-hydrogen) atoms. The molecule has 1 aliphatic heterocycles. The highest BCUT2D eigenvalue weighted by Crippen LogP contribution is 2.32. The number of rotatable bonds is 2. The van der Waals surface area contributed by atoms with Crippen molar-refractivity contribution in [3.8, 4) is 0 Å². The number of nitrogen functional groups attached to an aromatic ring is 1. The van der Waals surface area contributed by atoms with Gasteiger partial charge in [0.1, 0.15) is 5.82 Å². The van der Waals surface area contributed by atoms with E-state index in [0.29, 0.717) is 18.1 Å². The van der Waals surface area contributed by atoms with Gasteiger partial charge in [-0.1, -0.05) is 28.1 Å². The first-order chi connectivity index (χ1) is 12.5. The van der Waals surface area contributed by atoms with Crippen molar-refractivity contribution in [2.75, 3.05) is 17.6 Å². The van der Waals surface area contributed by atoms with Gasteiger partial charge in [-0.15, -0.1) is 0 Å². The molecule has 1 aromatic carbocycles. The van der Waals surface area contributed by atoms with Crippen LogP contribution in [0.15, 0.2) is 41.0 Å². The van der Waals surface area contributed by atoms with E-state index in [-0.39, 0.29) is 6.04 Å². The van der Waals surface area contributed by atoms with Crippen molar-refractivity contribution in [1.82, 2.24) is 9.88 Å². The predicted molar refractivity (Wildman–Crippen MR) is 104 cm³/mol. The van der Waals surface area contributed by atoms with E-state index in [1.54, 1.807) is 17.9 Å². The second-order valence-corrected chi connectivity index (χ2v) is 7.36. The van der Waals surface area contributed by atoms with E-state index in [9.17, 15) is 9.59 Å². The lowest BCUT2D eigenvalue weighted by atomic mass is 9.95. The summed E-state index contributed by atoms with van der Waals surface area (Å²) in [7, 11) is 0. The number of hydrogen-bond donors (Lipinski definition) is 2. The number of benzene rings is 1. The molecule has 1 aromatic heterocycles. The normalized spacial score (nSPS) is 17.0. The Labute approximate surface area is 160 Å². The molecule has 0 unspecified atom stereocenters. The van der Waals surface area contributed by atoms with Gasteiger partial charge in [-0.25, -0.2) is 4.98 Å². The maximum absolute atomic E-state index is 12.8. The molecule has 1 aliphatic rings. The lowest BCUT2D eigenvalue weighted by Gasteiger charge is -2.35. The summed E-state index contributed by atoms with van der Waals surface area (Å²) in [5.74, 6) is -0.776. The third kappa shape index (κ3) is 4.04. The second-order valence-electron chi connectivity index (χ2n) is 6.45. The van der Waals surface area contributed by atoms with Gasteiger partial charge in [-0.3, -0.25) is 9.59 Å². The molecule has 0 saturated carbocycles. The lowest BCUT2D eigenvalue weighted by molar-refractivity contribution is -0.145. The van der Waals surface area contributed by atoms with E-state index in [0.717, 1.165) is 34.9 Å². The van der Waals surface area contributed by atoms with Crippen molar-refractivity contribution < 1.29 is 9.59 Å². The fourth-order valence-electron chi connectivity index (χ4n) is 3.20. The summed E-state index contributed by atoms with van der Waals surface area (Å²) in [4.78, 5) is 30.9. The monoisotopic (exact) mass is 416 g/mol. The summed E-state index contributed by atoms with van der Waals surface area (Å²) in [6.45, 7) is 2.37. The highest BCUT2D eigenvalue weighted by Gasteiger charge is 2.31. The number of likely N-dealkylation sites (tertiary alicyclic amines) is 1. The van der Waals surface area contributed by atoms with Crippen LogP contribution in [-0.2, 0) is 9.59 Å². The number of carbonyl (C=O) groups excluding carboxylic acids is 2. The number of amides is 2. The maximum atomic E-state index is 12.8. The van der Waals surface area contributed by atoms with Gasteiger partial charge >= 0.3 is 11.8 Å². The van der Waals surface area contributed by atoms with Crippen LogP contribution >= 0.6 is 15.9 Å². The fourth-order valence-corrected chi connectivity index (χ4v) is 3.62. The molecular formula is C19H21BrN4O2. The Morgan fingerprint density at radius 2 is 2.12 bits per heavy atom. The molecule has 3 rings (SSSR count). The molecule has 6 nitrogen and oxygen atoms in total. The Balaban J connectivity index is 1.77. The molecular weight excluding hydrogens is 396 g/mol. The molecule has 0 spiro atoms. The van der Waals surface area contributed by atoms with E-state index in [1.165, 1.54) is 6.20 Å². The van der Waals surface area contributed by atoms with E-state index in [2.05, 4.69) is 26.2 Å². The zero-order valence-electron chi connectivity index (χ0n) is 14.5. The number of anilines is 2. The van der Waals surface area contributed by atoms with Gasteiger partial charge in [0, 0.05) is 11.0 Å². The van der Waals surface area contributed by atoms with Crippen molar-refractivity contribution >= 4 is 39.2 Å². The van der Waals surface area contributed by atoms with Crippen LogP contribution in [-0.4, -0.2) is 28.2 Å². The third-order valence-corrected chi connectivity index (χ3v) is 5.06. The summed E-state index contributed by atoms with van der Waals surface area (Å²) in [5.41, 5.74) is 7.93. The number of nitrogens with two attached hydrogens (primary N) is 1. The fraction of sp³-hybridized carbons (Fsp3) is 0.316. The molecule has 1 saturated heterocycles. The van der Waals surface area contributed by atoms with E-state index in [1.807, 2.05) is 24.3 Å². The Kier molecular flexibility index (Phi) is 5.56. The van der Waals surface area contributed by atoms with E-state index >= 15 is 0 Å². The highest BCUT2D eigenvalue weighted by molar-refractivity contribution is 9.10. The van der Waals surface area contributed by atoms with Crippen LogP contribution in [0.1, 0.15) is 36.4 Å². The summed E-state index contributed by atoms with van der Waals surface area (Å²) < 4.78 is 0.959. The van der Waals surface area contributed by atoms with Crippen molar-refractivity contribution in [2.24, 2.45) is 0 Å².